The van der Waals surface area contributed by atoms with Crippen molar-refractivity contribution >= 4 is 42.0 Å². The van der Waals surface area contributed by atoms with E-state index in [4.69, 9.17) is 0 Å². The Balaban J connectivity index is 1.65. The third kappa shape index (κ3) is 2.31. The molecule has 0 unspecified atom stereocenters. The van der Waals surface area contributed by atoms with Gasteiger partial charge in [-0.05, 0) is 0 Å². The molecular weight excluding hydrogens is 327 g/mol. The molecule has 4 nitrogen and oxygen atoms in total. The van der Waals surface area contributed by atoms with Crippen molar-refractivity contribution in [3.8, 4) is 0 Å². The third-order valence-electron chi connectivity index (χ3n) is 3.32. The van der Waals surface area contributed by atoms with Crippen LogP contribution in [-0.2, 0) is 0 Å². The number of benzene rings is 2. The summed E-state index contributed by atoms with van der Waals surface area (Å²) in [6.45, 7) is 2.10. The first-order chi connectivity index (χ1) is 10.3. The van der Waals surface area contributed by atoms with Gasteiger partial charge in [0, 0.05) is 0 Å². The van der Waals surface area contributed by atoms with E-state index in [1.165, 1.54) is 9.95 Å². The van der Waals surface area contributed by atoms with Crippen molar-refractivity contribution in [3.63, 3.8) is 0 Å². The fourth-order valence-corrected chi connectivity index (χ4v) is 3.90. The van der Waals surface area contributed by atoms with Crippen molar-refractivity contribution in [2.24, 2.45) is 0 Å². The Labute approximate surface area is 128 Å². The molecule has 2 bridgehead atoms. The Morgan fingerprint density at radius 2 is 1.71 bits per heavy atom. The molecule has 3 aromatic heterocycles. The molecule has 2 aromatic carbocycles. The monoisotopic (exact) mass is 342 g/mol. The average molecular weight is 341 g/mol. The van der Waals surface area contributed by atoms with Crippen molar-refractivity contribution in [3.05, 3.63) is 60.2 Å². The number of aromatic nitrogens is 2. The molecule has 3 heterocycles. The second-order valence-electron chi connectivity index (χ2n) is 4.98. The summed E-state index contributed by atoms with van der Waals surface area (Å²) >= 11 is 0.309. The predicted molar refractivity (Wildman–Crippen MR) is 87.5 cm³/mol. The maximum atomic E-state index is 4.49. The third-order valence-corrected chi connectivity index (χ3v) is 5.20. The number of nitrogens with one attached hydrogen (secondary N) is 2. The van der Waals surface area contributed by atoms with Gasteiger partial charge in [0.2, 0.25) is 0 Å². The minimum absolute atomic E-state index is 0.309. The Hall–Kier alpha value is -2.23. The normalized spacial score (nSPS) is 11.1. The number of rotatable bonds is 4. The van der Waals surface area contributed by atoms with Crippen LogP contribution in [-0.4, -0.2) is 23.3 Å². The molecule has 0 atom stereocenters. The molecule has 2 N–H and O–H groups in total. The fraction of sp³-hybridized carbons (Fsp3) is 0.0625. The van der Waals surface area contributed by atoms with E-state index < -0.39 is 0 Å². The van der Waals surface area contributed by atoms with Gasteiger partial charge in [0.1, 0.15) is 0 Å². The first kappa shape index (κ1) is 12.5. The van der Waals surface area contributed by atoms with E-state index in [1.807, 2.05) is 21.7 Å². The van der Waals surface area contributed by atoms with E-state index in [-0.39, 0.29) is 0 Å². The number of hydrogen-bond donors (Lipinski definition) is 2. The summed E-state index contributed by atoms with van der Waals surface area (Å²) in [5.74, 6) is 1.05. The average Bonchev–Trinajstić information content (AvgIpc) is 2.92. The Kier molecular flexibility index (Phi) is 2.95. The van der Waals surface area contributed by atoms with Crippen LogP contribution in [0.3, 0.4) is 0 Å². The quantitative estimate of drug-likeness (QED) is 0.557. The molecular formula is C16H14N4Se. The van der Waals surface area contributed by atoms with Gasteiger partial charge < -0.3 is 0 Å². The zero-order chi connectivity index (χ0) is 14.2. The molecule has 0 fully saturated rings. The van der Waals surface area contributed by atoms with Crippen LogP contribution in [0.4, 0.5) is 22.9 Å². The summed E-state index contributed by atoms with van der Waals surface area (Å²) in [4.78, 5) is 0. The first-order valence-corrected chi connectivity index (χ1v) is 8.39. The van der Waals surface area contributed by atoms with Crippen molar-refractivity contribution in [2.75, 3.05) is 10.6 Å². The molecule has 5 rings (SSSR count). The SMILES string of the molecule is Cc1cccc(Nc2c(Nc3ccccc3)n3nc2[se]3)c1. The molecule has 5 heteroatoms. The van der Waals surface area contributed by atoms with Crippen LogP contribution in [0.5, 0.6) is 0 Å². The molecule has 0 radical (unpaired) electrons. The van der Waals surface area contributed by atoms with Gasteiger partial charge in [-0.25, -0.2) is 0 Å². The molecule has 104 valence electrons. The van der Waals surface area contributed by atoms with E-state index in [2.05, 4.69) is 59.1 Å². The van der Waals surface area contributed by atoms with Crippen LogP contribution in [0.2, 0.25) is 0 Å². The van der Waals surface area contributed by atoms with Crippen molar-refractivity contribution in [1.82, 2.24) is 8.61 Å². The van der Waals surface area contributed by atoms with Crippen molar-refractivity contribution in [2.45, 2.75) is 6.92 Å². The molecule has 0 spiro atoms. The van der Waals surface area contributed by atoms with Gasteiger partial charge in [-0.1, -0.05) is 0 Å². The van der Waals surface area contributed by atoms with E-state index in [0.717, 1.165) is 22.9 Å². The topological polar surface area (TPSA) is 41.4 Å². The van der Waals surface area contributed by atoms with E-state index in [1.54, 1.807) is 0 Å². The minimum atomic E-state index is 0.309. The standard InChI is InChI=1S/C16H14N4Se/c1-11-6-5-9-13(10-11)17-14-15(20-19-16(14)21-20)18-12-7-3-2-4-8-12/h2-10,17-18H,1H3. The van der Waals surface area contributed by atoms with Gasteiger partial charge in [0.25, 0.3) is 0 Å². The zero-order valence-electron chi connectivity index (χ0n) is 11.5. The molecule has 0 aliphatic rings. The van der Waals surface area contributed by atoms with Gasteiger partial charge in [-0.3, -0.25) is 0 Å². The Bertz CT molecular complexity index is 848. The molecule has 0 aliphatic heterocycles. The van der Waals surface area contributed by atoms with Crippen LogP contribution in [0, 0.1) is 6.92 Å². The molecule has 0 saturated heterocycles. The number of nitrogens with zero attached hydrogens (tertiary/aromatic N) is 2. The number of anilines is 4. The van der Waals surface area contributed by atoms with Crippen molar-refractivity contribution < 1.29 is 0 Å². The Morgan fingerprint density at radius 1 is 0.952 bits per heavy atom. The van der Waals surface area contributed by atoms with E-state index in [9.17, 15) is 0 Å². The summed E-state index contributed by atoms with van der Waals surface area (Å²) in [6.07, 6.45) is 0. The van der Waals surface area contributed by atoms with Crippen LogP contribution in [0.25, 0.3) is 4.39 Å². The summed E-state index contributed by atoms with van der Waals surface area (Å²) in [5, 5.41) is 11.5. The number of fused-ring (bicyclic) bond motifs is 1. The second kappa shape index (κ2) is 4.95. The molecule has 0 aliphatic carbocycles. The van der Waals surface area contributed by atoms with E-state index >= 15 is 0 Å². The van der Waals surface area contributed by atoms with Crippen LogP contribution in [0.15, 0.2) is 54.6 Å². The molecule has 5 aromatic rings. The first-order valence-electron chi connectivity index (χ1n) is 6.77. The Morgan fingerprint density at radius 3 is 2.48 bits per heavy atom. The summed E-state index contributed by atoms with van der Waals surface area (Å²) in [7, 11) is 0. The molecule has 0 amide bonds. The second-order valence-corrected chi connectivity index (χ2v) is 6.90. The summed E-state index contributed by atoms with van der Waals surface area (Å²) in [6, 6.07) is 18.6. The van der Waals surface area contributed by atoms with Gasteiger partial charge in [-0.15, -0.1) is 0 Å². The van der Waals surface area contributed by atoms with Gasteiger partial charge in [0.05, 0.1) is 0 Å². The fourth-order valence-electron chi connectivity index (χ4n) is 2.31. The summed E-state index contributed by atoms with van der Waals surface area (Å²) in [5.41, 5.74) is 4.53. The van der Waals surface area contributed by atoms with E-state index in [0.29, 0.717) is 14.7 Å². The predicted octanol–water partition coefficient (Wildman–Crippen LogP) is 3.62. The van der Waals surface area contributed by atoms with Crippen LogP contribution in [0.1, 0.15) is 5.56 Å². The summed E-state index contributed by atoms with van der Waals surface area (Å²) < 4.78 is 3.22. The molecule has 21 heavy (non-hydrogen) atoms. The van der Waals surface area contributed by atoms with Crippen LogP contribution >= 0.6 is 0 Å². The van der Waals surface area contributed by atoms with Crippen LogP contribution < -0.4 is 10.6 Å². The number of aryl methyl sites for hydroxylation is 1. The van der Waals surface area contributed by atoms with Gasteiger partial charge >= 0.3 is 128 Å². The molecule has 0 saturated carbocycles. The van der Waals surface area contributed by atoms with Gasteiger partial charge in [-0.2, -0.15) is 0 Å². The number of hydrogen-bond acceptors (Lipinski definition) is 3. The zero-order valence-corrected chi connectivity index (χ0v) is 13.2. The number of para-hydroxylation sites is 1. The maximum absolute atomic E-state index is 4.49. The van der Waals surface area contributed by atoms with Gasteiger partial charge in [0.15, 0.2) is 0 Å². The van der Waals surface area contributed by atoms with Crippen molar-refractivity contribution in [1.29, 1.82) is 0 Å².